The fraction of sp³-hybridized carbons (Fsp3) is 0. The molecule has 2 N–H and O–H groups in total. The van der Waals surface area contributed by atoms with Gasteiger partial charge in [-0.2, -0.15) is 9.97 Å². The highest BCUT2D eigenvalue weighted by molar-refractivity contribution is 6.59. The van der Waals surface area contributed by atoms with E-state index in [9.17, 15) is 0 Å². The second kappa shape index (κ2) is 28.7. The predicted octanol–water partition coefficient (Wildman–Crippen LogP) is 23.0. The second-order valence-corrected chi connectivity index (χ2v) is 25.9. The van der Waals surface area contributed by atoms with Crippen LogP contribution < -0.4 is 5.46 Å². The molecule has 0 spiro atoms. The minimum atomic E-state index is -1.43. The summed E-state index contributed by atoms with van der Waals surface area (Å²) >= 11 is 18.6. The molecule has 0 aliphatic rings. The van der Waals surface area contributed by atoms with E-state index in [1.54, 1.807) is 18.2 Å². The number of hydrogen-bond donors (Lipinski definition) is 2. The number of halogens is 3. The van der Waals surface area contributed by atoms with Crippen LogP contribution in [0, 0.1) is 0 Å². The summed E-state index contributed by atoms with van der Waals surface area (Å²) < 4.78 is 0. The van der Waals surface area contributed by atoms with Gasteiger partial charge in [0.15, 0.2) is 29.1 Å². The first-order chi connectivity index (χ1) is 50.1. The summed E-state index contributed by atoms with van der Waals surface area (Å²) in [6, 6.07) is 116. The molecule has 16 aromatic carbocycles. The van der Waals surface area contributed by atoms with E-state index < -0.39 is 7.12 Å². The summed E-state index contributed by atoms with van der Waals surface area (Å²) in [6.07, 6.45) is 0. The largest absolute Gasteiger partial charge is 0.488 e. The van der Waals surface area contributed by atoms with Crippen molar-refractivity contribution in [2.24, 2.45) is 0 Å². The maximum atomic E-state index is 8.65. The molecule has 484 valence electrons. The molecule has 102 heavy (non-hydrogen) atoms. The fourth-order valence-corrected chi connectivity index (χ4v) is 14.2. The molecule has 0 bridgehead atoms. The summed E-state index contributed by atoms with van der Waals surface area (Å²) in [5.41, 5.74) is 14.0. The average Bonchev–Trinajstić information content (AvgIpc) is 0.748. The van der Waals surface area contributed by atoms with Gasteiger partial charge in [-0.15, -0.1) is 0 Å². The molecular formula is C90H58BCl3N6O2. The maximum absolute atomic E-state index is 8.65. The standard InChI is InChI=1S/C45H28ClN3.C39H24ClN3.C6H6BClO2/c46-34-17-11-16-32(27-34)44-47-43(31-15-10-14-30(26-31)36-19-5-4-18-35(36)29-12-2-1-3-13-29)48-45(49-44)33-24-25-41-39-22-7-6-20-37(39)38-21-8-9-23-40(38)42(41)28-33;40-39-42-37(27-14-10-13-26(23-27)30-16-5-4-15-29(30)25-11-2-1-3-12-25)41-38(43-39)28-21-22-35-33-19-7-6-17-31(33)32-18-8-9-20-34(32)36(35)24-28;8-6-3-1-2-5(4-6)7(9)10/h1-28H;1-24H;1-4,9-10H. The molecule has 0 unspecified atom stereocenters. The first-order valence-corrected chi connectivity index (χ1v) is 34.5. The zero-order valence-electron chi connectivity index (χ0n) is 54.6. The lowest BCUT2D eigenvalue weighted by molar-refractivity contribution is 0.426. The van der Waals surface area contributed by atoms with Gasteiger partial charge in [-0.3, -0.25) is 0 Å². The Bertz CT molecular complexity index is 6130. The van der Waals surface area contributed by atoms with Crippen molar-refractivity contribution in [2.45, 2.75) is 0 Å². The van der Waals surface area contributed by atoms with Gasteiger partial charge in [-0.1, -0.05) is 314 Å². The van der Waals surface area contributed by atoms with Crippen LogP contribution in [0.3, 0.4) is 0 Å². The van der Waals surface area contributed by atoms with Crippen LogP contribution in [0.5, 0.6) is 0 Å². The smallest absolute Gasteiger partial charge is 0.423 e. The quantitative estimate of drug-likeness (QED) is 0.103. The van der Waals surface area contributed by atoms with Crippen LogP contribution in [0.15, 0.2) is 340 Å². The molecule has 8 nitrogen and oxygen atoms in total. The van der Waals surface area contributed by atoms with Gasteiger partial charge in [0.05, 0.1) is 0 Å². The maximum Gasteiger partial charge on any atom is 0.488 e. The number of rotatable bonds is 10. The number of hydrogen-bond acceptors (Lipinski definition) is 8. The van der Waals surface area contributed by atoms with Gasteiger partial charge < -0.3 is 10.0 Å². The zero-order chi connectivity index (χ0) is 69.0. The molecule has 0 fully saturated rings. The van der Waals surface area contributed by atoms with Crippen molar-refractivity contribution in [3.63, 3.8) is 0 Å². The van der Waals surface area contributed by atoms with Crippen molar-refractivity contribution in [1.82, 2.24) is 29.9 Å². The summed E-state index contributed by atoms with van der Waals surface area (Å²) in [4.78, 5) is 29.2. The van der Waals surface area contributed by atoms with Gasteiger partial charge in [0.1, 0.15) is 0 Å². The van der Waals surface area contributed by atoms with Gasteiger partial charge in [0.25, 0.3) is 0 Å². The van der Waals surface area contributed by atoms with Gasteiger partial charge in [0, 0.05) is 37.9 Å². The monoisotopic (exact) mass is 1370 g/mol. The summed E-state index contributed by atoms with van der Waals surface area (Å²) in [7, 11) is -1.43. The normalized spacial score (nSPS) is 11.2. The number of benzene rings is 16. The van der Waals surface area contributed by atoms with Crippen LogP contribution in [0.25, 0.3) is 166 Å². The average molecular weight is 1370 g/mol. The molecular weight excluding hydrogens is 1310 g/mol. The van der Waals surface area contributed by atoms with Crippen molar-refractivity contribution in [1.29, 1.82) is 0 Å². The highest BCUT2D eigenvalue weighted by atomic mass is 35.5. The summed E-state index contributed by atoms with van der Waals surface area (Å²) in [6.45, 7) is 0. The van der Waals surface area contributed by atoms with E-state index in [2.05, 4.69) is 277 Å². The SMILES string of the molecule is Clc1cccc(-c2nc(-c3cccc(-c4ccccc4-c4ccccc4)c3)nc(-c3ccc4c5ccccc5c5ccccc5c4c3)n2)c1.Clc1nc(-c2cccc(-c3ccccc3-c3ccccc3)c2)nc(-c2ccc3c4ccccc4c4ccccc4c3c2)n1.OB(O)c1cccc(Cl)c1. The van der Waals surface area contributed by atoms with Crippen LogP contribution in [-0.4, -0.2) is 47.1 Å². The van der Waals surface area contributed by atoms with Gasteiger partial charge >= 0.3 is 7.12 Å². The molecule has 0 saturated heterocycles. The fourth-order valence-electron chi connectivity index (χ4n) is 13.6. The lowest BCUT2D eigenvalue weighted by Crippen LogP contribution is -2.29. The van der Waals surface area contributed by atoms with Crippen LogP contribution >= 0.6 is 34.8 Å². The molecule has 0 saturated carbocycles. The Morgan fingerprint density at radius 2 is 0.461 bits per heavy atom. The van der Waals surface area contributed by atoms with Crippen LogP contribution in [0.1, 0.15) is 0 Å². The van der Waals surface area contributed by atoms with E-state index in [1.165, 1.54) is 82.2 Å². The van der Waals surface area contributed by atoms with Gasteiger partial charge in [-0.05, 0) is 175 Å². The number of aromatic nitrogens is 6. The topological polar surface area (TPSA) is 118 Å². The second-order valence-electron chi connectivity index (χ2n) is 24.7. The lowest BCUT2D eigenvalue weighted by Gasteiger charge is -2.13. The number of fused-ring (bicyclic) bond motifs is 12. The summed E-state index contributed by atoms with van der Waals surface area (Å²) in [5.74, 6) is 2.86. The lowest BCUT2D eigenvalue weighted by atomic mass is 9.81. The van der Waals surface area contributed by atoms with Crippen LogP contribution in [0.4, 0.5) is 0 Å². The molecule has 12 heteroatoms. The Morgan fingerprint density at radius 3 is 0.814 bits per heavy atom. The van der Waals surface area contributed by atoms with E-state index in [4.69, 9.17) is 64.8 Å². The third-order valence-corrected chi connectivity index (χ3v) is 19.0. The highest BCUT2D eigenvalue weighted by Gasteiger charge is 2.19. The van der Waals surface area contributed by atoms with E-state index in [0.717, 1.165) is 60.8 Å². The molecule has 0 atom stereocenters. The van der Waals surface area contributed by atoms with Gasteiger partial charge in [0.2, 0.25) is 5.28 Å². The molecule has 0 amide bonds. The minimum absolute atomic E-state index is 0.165. The molecule has 18 aromatic rings. The Labute approximate surface area is 604 Å². The Kier molecular flexibility index (Phi) is 18.2. The molecule has 0 aliphatic heterocycles. The van der Waals surface area contributed by atoms with Gasteiger partial charge in [-0.25, -0.2) is 19.9 Å². The van der Waals surface area contributed by atoms with Crippen molar-refractivity contribution < 1.29 is 10.0 Å². The first kappa shape index (κ1) is 64.6. The Balaban J connectivity index is 0.000000140. The molecule has 2 heterocycles. The first-order valence-electron chi connectivity index (χ1n) is 33.4. The highest BCUT2D eigenvalue weighted by Crippen LogP contribution is 2.41. The Morgan fingerprint density at radius 1 is 0.196 bits per heavy atom. The molecule has 0 aliphatic carbocycles. The van der Waals surface area contributed by atoms with E-state index in [0.29, 0.717) is 44.6 Å². The molecule has 0 radical (unpaired) electrons. The third-order valence-electron chi connectivity index (χ3n) is 18.4. The number of nitrogens with zero attached hydrogens (tertiary/aromatic N) is 6. The predicted molar refractivity (Wildman–Crippen MR) is 425 cm³/mol. The Hall–Kier alpha value is -12.0. The van der Waals surface area contributed by atoms with E-state index in [-0.39, 0.29) is 5.28 Å². The van der Waals surface area contributed by atoms with Crippen LogP contribution in [-0.2, 0) is 0 Å². The van der Waals surface area contributed by atoms with E-state index >= 15 is 0 Å². The third kappa shape index (κ3) is 13.3. The molecule has 2 aromatic heterocycles. The van der Waals surface area contributed by atoms with Crippen LogP contribution in [0.2, 0.25) is 15.3 Å². The molecule has 18 rings (SSSR count). The van der Waals surface area contributed by atoms with Crippen molar-refractivity contribution in [3.05, 3.63) is 355 Å². The zero-order valence-corrected chi connectivity index (χ0v) is 56.9. The van der Waals surface area contributed by atoms with E-state index in [1.807, 2.05) is 48.5 Å². The minimum Gasteiger partial charge on any atom is -0.423 e. The van der Waals surface area contributed by atoms with Crippen molar-refractivity contribution in [3.8, 4) is 101 Å². The summed E-state index contributed by atoms with van der Waals surface area (Å²) in [5, 5.41) is 33.1. The van der Waals surface area contributed by atoms with Crippen molar-refractivity contribution in [2.75, 3.05) is 0 Å². The van der Waals surface area contributed by atoms with Crippen molar-refractivity contribution >= 4 is 112 Å².